The van der Waals surface area contributed by atoms with Crippen LogP contribution in [0.25, 0.3) is 16.6 Å². The van der Waals surface area contributed by atoms with Crippen LogP contribution in [-0.2, 0) is 7.05 Å². The molecule has 1 aliphatic heterocycles. The van der Waals surface area contributed by atoms with Crippen LogP contribution in [0.1, 0.15) is 26.0 Å². The predicted molar refractivity (Wildman–Crippen MR) is 82.9 cm³/mol. The highest BCUT2D eigenvalue weighted by Crippen LogP contribution is 2.35. The minimum Gasteiger partial charge on any atom is -0.354 e. The van der Waals surface area contributed by atoms with Crippen molar-refractivity contribution in [1.29, 1.82) is 0 Å². The van der Waals surface area contributed by atoms with Crippen LogP contribution in [-0.4, -0.2) is 26.8 Å². The molecule has 2 heterocycles. The van der Waals surface area contributed by atoms with Gasteiger partial charge < -0.3 is 4.90 Å². The monoisotopic (exact) mass is 283 g/mol. The molecule has 108 valence electrons. The predicted octanol–water partition coefficient (Wildman–Crippen LogP) is 3.17. The smallest absolute Gasteiger partial charge is 0.125 e. The van der Waals surface area contributed by atoms with Gasteiger partial charge in [0, 0.05) is 19.0 Å². The van der Waals surface area contributed by atoms with Crippen molar-refractivity contribution in [3.63, 3.8) is 0 Å². The van der Waals surface area contributed by atoms with E-state index in [9.17, 15) is 4.39 Å². The molecule has 3 rings (SSSR count). The molecule has 1 aromatic carbocycles. The van der Waals surface area contributed by atoms with Gasteiger partial charge in [-0.05, 0) is 38.5 Å². The summed E-state index contributed by atoms with van der Waals surface area (Å²) in [7, 11) is 1.83. The van der Waals surface area contributed by atoms with Crippen LogP contribution in [0.5, 0.6) is 0 Å². The summed E-state index contributed by atoms with van der Waals surface area (Å²) in [6.45, 7) is 4.93. The first-order valence-corrected chi connectivity index (χ1v) is 7.02. The van der Waals surface area contributed by atoms with Gasteiger partial charge in [-0.15, -0.1) is 6.42 Å². The number of aryl methyl sites for hydroxylation is 1. The Morgan fingerprint density at radius 2 is 2.14 bits per heavy atom. The number of nitrogens with zero attached hydrogens (tertiary/aromatic N) is 3. The molecule has 0 saturated heterocycles. The van der Waals surface area contributed by atoms with Crippen LogP contribution in [0.4, 0.5) is 4.39 Å². The Bertz CT molecular complexity index is 777. The lowest BCUT2D eigenvalue weighted by molar-refractivity contribution is 0.281. The summed E-state index contributed by atoms with van der Waals surface area (Å²) in [5, 5.41) is 5.53. The Morgan fingerprint density at radius 3 is 2.86 bits per heavy atom. The third-order valence-corrected chi connectivity index (χ3v) is 4.07. The van der Waals surface area contributed by atoms with E-state index >= 15 is 0 Å². The van der Waals surface area contributed by atoms with Crippen LogP contribution in [0.3, 0.4) is 0 Å². The Morgan fingerprint density at radius 1 is 1.38 bits per heavy atom. The van der Waals surface area contributed by atoms with E-state index in [0.29, 0.717) is 0 Å². The maximum absolute atomic E-state index is 13.4. The Balaban J connectivity index is 2.15. The molecule has 0 atom stereocenters. The van der Waals surface area contributed by atoms with Crippen molar-refractivity contribution < 1.29 is 4.39 Å². The van der Waals surface area contributed by atoms with Gasteiger partial charge in [0.25, 0.3) is 0 Å². The average molecular weight is 283 g/mol. The van der Waals surface area contributed by atoms with Gasteiger partial charge in [-0.1, -0.05) is 12.0 Å². The van der Waals surface area contributed by atoms with Crippen LogP contribution in [0.15, 0.2) is 24.3 Å². The molecule has 0 radical (unpaired) electrons. The summed E-state index contributed by atoms with van der Waals surface area (Å²) < 4.78 is 15.1. The molecule has 0 unspecified atom stereocenters. The summed E-state index contributed by atoms with van der Waals surface area (Å²) in [6.07, 6.45) is 8.77. The number of aromatic nitrogens is 2. The van der Waals surface area contributed by atoms with E-state index in [1.807, 2.05) is 20.9 Å². The Kier molecular flexibility index (Phi) is 3.02. The Hall–Kier alpha value is -2.28. The molecule has 0 amide bonds. The maximum atomic E-state index is 13.4. The van der Waals surface area contributed by atoms with E-state index in [1.54, 1.807) is 10.7 Å². The fourth-order valence-electron chi connectivity index (χ4n) is 2.86. The van der Waals surface area contributed by atoms with Crippen molar-refractivity contribution in [1.82, 2.24) is 14.7 Å². The van der Waals surface area contributed by atoms with Crippen LogP contribution < -0.4 is 0 Å². The van der Waals surface area contributed by atoms with Crippen molar-refractivity contribution in [3.05, 3.63) is 35.8 Å². The molecule has 0 spiro atoms. The van der Waals surface area contributed by atoms with Gasteiger partial charge in [0.15, 0.2) is 0 Å². The molecule has 0 N–H and O–H groups in total. The molecule has 0 saturated carbocycles. The molecule has 0 fully saturated rings. The molecule has 4 heteroatoms. The number of fused-ring (bicyclic) bond motifs is 1. The first kappa shape index (κ1) is 13.7. The fourth-order valence-corrected chi connectivity index (χ4v) is 2.86. The molecule has 0 aliphatic carbocycles. The SMILES string of the molecule is C#CC(C)(C)N1CCC=C1c1nn(C)c2cc(F)ccc12. The third-order valence-electron chi connectivity index (χ3n) is 4.07. The van der Waals surface area contributed by atoms with Crippen LogP contribution in [0.2, 0.25) is 0 Å². The lowest BCUT2D eigenvalue weighted by atomic mass is 10.0. The van der Waals surface area contributed by atoms with Gasteiger partial charge in [0.2, 0.25) is 0 Å². The van der Waals surface area contributed by atoms with Gasteiger partial charge in [0.1, 0.15) is 11.5 Å². The number of hydrogen-bond acceptors (Lipinski definition) is 2. The van der Waals surface area contributed by atoms with Crippen molar-refractivity contribution in [3.8, 4) is 12.3 Å². The van der Waals surface area contributed by atoms with E-state index in [0.717, 1.165) is 35.3 Å². The summed E-state index contributed by atoms with van der Waals surface area (Å²) in [5.74, 6) is 2.59. The summed E-state index contributed by atoms with van der Waals surface area (Å²) >= 11 is 0. The fraction of sp³-hybridized carbons (Fsp3) is 0.353. The first-order valence-electron chi connectivity index (χ1n) is 7.02. The summed E-state index contributed by atoms with van der Waals surface area (Å²) in [4.78, 5) is 2.19. The second-order valence-electron chi connectivity index (χ2n) is 5.87. The van der Waals surface area contributed by atoms with Crippen molar-refractivity contribution >= 4 is 16.6 Å². The zero-order chi connectivity index (χ0) is 15.2. The first-order chi connectivity index (χ1) is 9.94. The van der Waals surface area contributed by atoms with Gasteiger partial charge >= 0.3 is 0 Å². The molecule has 2 aromatic rings. The zero-order valence-corrected chi connectivity index (χ0v) is 12.5. The normalized spacial score (nSPS) is 15.4. The van der Waals surface area contributed by atoms with Crippen molar-refractivity contribution in [2.75, 3.05) is 6.54 Å². The van der Waals surface area contributed by atoms with E-state index in [1.165, 1.54) is 12.1 Å². The molecule has 0 bridgehead atoms. The highest BCUT2D eigenvalue weighted by molar-refractivity contribution is 5.91. The number of halogens is 1. The second-order valence-corrected chi connectivity index (χ2v) is 5.87. The number of rotatable bonds is 2. The summed E-state index contributed by atoms with van der Waals surface area (Å²) in [5.41, 5.74) is 2.33. The topological polar surface area (TPSA) is 21.1 Å². The van der Waals surface area contributed by atoms with Crippen LogP contribution in [0, 0.1) is 18.2 Å². The van der Waals surface area contributed by atoms with E-state index < -0.39 is 0 Å². The van der Waals surface area contributed by atoms with Crippen molar-refractivity contribution in [2.45, 2.75) is 25.8 Å². The van der Waals surface area contributed by atoms with E-state index in [4.69, 9.17) is 6.42 Å². The average Bonchev–Trinajstić information content (AvgIpc) is 3.04. The summed E-state index contributed by atoms with van der Waals surface area (Å²) in [6, 6.07) is 4.77. The van der Waals surface area contributed by atoms with Gasteiger partial charge in [0.05, 0.1) is 16.8 Å². The lowest BCUT2D eigenvalue weighted by Gasteiger charge is -2.34. The standard InChI is InChI=1S/C17H18FN3/c1-5-17(2,3)21-10-6-7-14(21)16-13-9-8-12(18)11-15(13)20(4)19-16/h1,7-9,11H,6,10H2,2-4H3. The van der Waals surface area contributed by atoms with Crippen molar-refractivity contribution in [2.24, 2.45) is 7.05 Å². The molecule has 21 heavy (non-hydrogen) atoms. The minimum absolute atomic E-state index is 0.252. The molecule has 3 nitrogen and oxygen atoms in total. The van der Waals surface area contributed by atoms with Gasteiger partial charge in [-0.25, -0.2) is 4.39 Å². The molecular weight excluding hydrogens is 265 g/mol. The maximum Gasteiger partial charge on any atom is 0.125 e. The minimum atomic E-state index is -0.369. The largest absolute Gasteiger partial charge is 0.354 e. The molecule has 1 aliphatic rings. The second kappa shape index (κ2) is 4.63. The number of benzene rings is 1. The lowest BCUT2D eigenvalue weighted by Crippen LogP contribution is -2.39. The van der Waals surface area contributed by atoms with Gasteiger partial charge in [-0.3, -0.25) is 4.68 Å². The molecular formula is C17H18FN3. The quantitative estimate of drug-likeness (QED) is 0.789. The van der Waals surface area contributed by atoms with E-state index in [-0.39, 0.29) is 11.4 Å². The Labute approximate surface area is 124 Å². The zero-order valence-electron chi connectivity index (χ0n) is 12.5. The highest BCUT2D eigenvalue weighted by Gasteiger charge is 2.31. The highest BCUT2D eigenvalue weighted by atomic mass is 19.1. The van der Waals surface area contributed by atoms with E-state index in [2.05, 4.69) is 22.0 Å². The third kappa shape index (κ3) is 2.09. The molecule has 1 aromatic heterocycles. The number of hydrogen-bond donors (Lipinski definition) is 0. The van der Waals surface area contributed by atoms with Gasteiger partial charge in [-0.2, -0.15) is 5.10 Å². The number of terminal acetylenes is 1. The van der Waals surface area contributed by atoms with Crippen LogP contribution >= 0.6 is 0 Å².